The Bertz CT molecular complexity index is 1100. The number of aromatic nitrogens is 2. The molecule has 28 heavy (non-hydrogen) atoms. The Morgan fingerprint density at radius 3 is 2.96 bits per heavy atom. The number of hydrogen-bond acceptors (Lipinski definition) is 4. The second kappa shape index (κ2) is 7.75. The number of carbonyl (C=O) groups excluding carboxylic acids is 1. The summed E-state index contributed by atoms with van der Waals surface area (Å²) < 4.78 is 7.50. The molecule has 1 aliphatic rings. The average molecular weight is 442 g/mol. The molecule has 3 aromatic rings. The molecule has 0 bridgehead atoms. The minimum atomic E-state index is -0.211. The van der Waals surface area contributed by atoms with Crippen molar-refractivity contribution in [2.45, 2.75) is 25.4 Å². The van der Waals surface area contributed by atoms with Crippen LogP contribution in [0.3, 0.4) is 0 Å². The molecule has 1 atom stereocenters. The number of ether oxygens (including phenoxy) is 1. The van der Waals surface area contributed by atoms with Crippen molar-refractivity contribution in [3.63, 3.8) is 0 Å². The molecule has 1 saturated heterocycles. The monoisotopic (exact) mass is 441 g/mol. The van der Waals surface area contributed by atoms with Crippen molar-refractivity contribution in [1.29, 1.82) is 0 Å². The molecule has 0 aliphatic carbocycles. The zero-order valence-electron chi connectivity index (χ0n) is 15.5. The van der Waals surface area contributed by atoms with Crippen LogP contribution in [0, 0.1) is 0 Å². The lowest BCUT2D eigenvalue weighted by molar-refractivity contribution is -0.132. The highest BCUT2D eigenvalue weighted by molar-refractivity contribution is 9.10. The molecule has 4 rings (SSSR count). The van der Waals surface area contributed by atoms with E-state index in [1.807, 2.05) is 35.2 Å². The van der Waals surface area contributed by atoms with E-state index in [4.69, 9.17) is 4.74 Å². The maximum absolute atomic E-state index is 13.0. The molecular weight excluding hydrogens is 422 g/mol. The Morgan fingerprint density at radius 2 is 2.14 bits per heavy atom. The Hall–Kier alpha value is -2.67. The van der Waals surface area contributed by atoms with Crippen LogP contribution in [0.25, 0.3) is 10.9 Å². The highest BCUT2D eigenvalue weighted by Gasteiger charge is 2.30. The van der Waals surface area contributed by atoms with Gasteiger partial charge in [-0.15, -0.1) is 0 Å². The van der Waals surface area contributed by atoms with Gasteiger partial charge < -0.3 is 9.64 Å². The van der Waals surface area contributed by atoms with Gasteiger partial charge in [-0.2, -0.15) is 0 Å². The minimum absolute atomic E-state index is 0.000798. The summed E-state index contributed by atoms with van der Waals surface area (Å²) in [5, 5.41) is 0.496. The topological polar surface area (TPSA) is 64.4 Å². The van der Waals surface area contributed by atoms with Crippen molar-refractivity contribution >= 4 is 32.7 Å². The lowest BCUT2D eigenvalue weighted by Crippen LogP contribution is -2.36. The van der Waals surface area contributed by atoms with Gasteiger partial charge in [0.25, 0.3) is 5.56 Å². The maximum Gasteiger partial charge on any atom is 0.261 e. The molecule has 1 fully saturated rings. The first-order chi connectivity index (χ1) is 13.6. The average Bonchev–Trinajstić information content (AvgIpc) is 3.20. The van der Waals surface area contributed by atoms with Crippen LogP contribution in [-0.2, 0) is 11.3 Å². The summed E-state index contributed by atoms with van der Waals surface area (Å²) in [6.07, 6.45) is 3.29. The molecule has 7 heteroatoms. The third-order valence-electron chi connectivity index (χ3n) is 5.14. The summed E-state index contributed by atoms with van der Waals surface area (Å²) in [4.78, 5) is 32.0. The lowest BCUT2D eigenvalue weighted by Gasteiger charge is -2.25. The molecule has 1 aliphatic heterocycles. The molecule has 1 aromatic heterocycles. The van der Waals surface area contributed by atoms with E-state index in [0.29, 0.717) is 17.4 Å². The molecule has 2 aromatic carbocycles. The Morgan fingerprint density at radius 1 is 1.29 bits per heavy atom. The van der Waals surface area contributed by atoms with Crippen LogP contribution < -0.4 is 10.3 Å². The first kappa shape index (κ1) is 18.7. The first-order valence-electron chi connectivity index (χ1n) is 9.15. The first-order valence-corrected chi connectivity index (χ1v) is 9.94. The molecule has 0 radical (unpaired) electrons. The second-order valence-corrected chi connectivity index (χ2v) is 7.78. The number of rotatable bonds is 4. The molecule has 2 heterocycles. The quantitative estimate of drug-likeness (QED) is 0.620. The zero-order chi connectivity index (χ0) is 19.7. The van der Waals surface area contributed by atoms with Crippen molar-refractivity contribution in [1.82, 2.24) is 14.5 Å². The van der Waals surface area contributed by atoms with Crippen molar-refractivity contribution in [3.05, 3.63) is 69.2 Å². The van der Waals surface area contributed by atoms with Gasteiger partial charge in [0.2, 0.25) is 5.91 Å². The van der Waals surface area contributed by atoms with Crippen LogP contribution in [0.5, 0.6) is 5.75 Å². The van der Waals surface area contributed by atoms with E-state index in [1.165, 1.54) is 10.9 Å². The van der Waals surface area contributed by atoms with Gasteiger partial charge in [0.1, 0.15) is 12.3 Å². The Labute approximate surface area is 170 Å². The summed E-state index contributed by atoms with van der Waals surface area (Å²) in [6.45, 7) is 0.663. The fraction of sp³-hybridized carbons (Fsp3) is 0.286. The van der Waals surface area contributed by atoms with Gasteiger partial charge >= 0.3 is 0 Å². The summed E-state index contributed by atoms with van der Waals surface area (Å²) in [5.74, 6) is 0.695. The van der Waals surface area contributed by atoms with Crippen molar-refractivity contribution < 1.29 is 9.53 Å². The number of likely N-dealkylation sites (tertiary alicyclic amines) is 1. The highest BCUT2D eigenvalue weighted by Crippen LogP contribution is 2.33. The van der Waals surface area contributed by atoms with Gasteiger partial charge in [0, 0.05) is 11.0 Å². The van der Waals surface area contributed by atoms with Gasteiger partial charge in [-0.1, -0.05) is 28.1 Å². The van der Waals surface area contributed by atoms with Crippen molar-refractivity contribution in [3.8, 4) is 5.75 Å². The normalized spacial score (nSPS) is 16.5. The molecule has 6 nitrogen and oxygen atoms in total. The molecule has 1 amide bonds. The van der Waals surface area contributed by atoms with Crippen LogP contribution in [0.4, 0.5) is 0 Å². The Kier molecular flexibility index (Phi) is 5.17. The van der Waals surface area contributed by atoms with Crippen molar-refractivity contribution in [2.24, 2.45) is 0 Å². The molecule has 144 valence electrons. The second-order valence-electron chi connectivity index (χ2n) is 6.86. The number of halogens is 1. The minimum Gasteiger partial charge on any atom is -0.497 e. The Balaban J connectivity index is 1.60. The van der Waals surface area contributed by atoms with Crippen LogP contribution in [0.1, 0.15) is 24.4 Å². The third kappa shape index (κ3) is 3.54. The predicted octanol–water partition coefficient (Wildman–Crippen LogP) is 3.53. The fourth-order valence-electron chi connectivity index (χ4n) is 3.74. The molecule has 1 unspecified atom stereocenters. The van der Waals surface area contributed by atoms with Gasteiger partial charge in [-0.3, -0.25) is 14.2 Å². The van der Waals surface area contributed by atoms with Gasteiger partial charge in [-0.25, -0.2) is 4.98 Å². The number of benzene rings is 2. The number of hydrogen-bond donors (Lipinski definition) is 0. The predicted molar refractivity (Wildman–Crippen MR) is 110 cm³/mol. The smallest absolute Gasteiger partial charge is 0.261 e. The van der Waals surface area contributed by atoms with Crippen LogP contribution in [0.15, 0.2) is 58.1 Å². The molecular formula is C21H20BrN3O3. The summed E-state index contributed by atoms with van der Waals surface area (Å²) in [6, 6.07) is 13.2. The van der Waals surface area contributed by atoms with Crippen LogP contribution >= 0.6 is 15.9 Å². The number of methoxy groups -OCH3 is 1. The van der Waals surface area contributed by atoms with E-state index in [9.17, 15) is 9.59 Å². The zero-order valence-corrected chi connectivity index (χ0v) is 17.1. The van der Waals surface area contributed by atoms with E-state index in [1.54, 1.807) is 19.2 Å². The van der Waals surface area contributed by atoms with E-state index < -0.39 is 0 Å². The SMILES string of the molecule is COc1cccc(C2CCCN2C(=O)Cn2cnc3ccc(Br)cc3c2=O)c1. The van der Waals surface area contributed by atoms with Gasteiger partial charge in [0.15, 0.2) is 0 Å². The van der Waals surface area contributed by atoms with E-state index >= 15 is 0 Å². The fourth-order valence-corrected chi connectivity index (χ4v) is 4.10. The number of carbonyl (C=O) groups is 1. The summed E-state index contributed by atoms with van der Waals surface area (Å²) >= 11 is 3.38. The summed E-state index contributed by atoms with van der Waals surface area (Å²) in [5.41, 5.74) is 1.46. The standard InChI is InChI=1S/C21H20BrN3O3/c1-28-16-5-2-4-14(10-16)19-6-3-9-25(19)20(26)12-24-13-23-18-8-7-15(22)11-17(18)21(24)27/h2,4-5,7-8,10-11,13,19H,3,6,9,12H2,1H3. The van der Waals surface area contributed by atoms with Crippen LogP contribution in [-0.4, -0.2) is 34.0 Å². The van der Waals surface area contributed by atoms with Crippen LogP contribution in [0.2, 0.25) is 0 Å². The van der Waals surface area contributed by atoms with E-state index in [-0.39, 0.29) is 24.1 Å². The van der Waals surface area contributed by atoms with E-state index in [2.05, 4.69) is 20.9 Å². The third-order valence-corrected chi connectivity index (χ3v) is 5.64. The summed E-state index contributed by atoms with van der Waals surface area (Å²) in [7, 11) is 1.63. The maximum atomic E-state index is 13.0. The van der Waals surface area contributed by atoms with Gasteiger partial charge in [-0.05, 0) is 48.7 Å². The van der Waals surface area contributed by atoms with Crippen molar-refractivity contribution in [2.75, 3.05) is 13.7 Å². The lowest BCUT2D eigenvalue weighted by atomic mass is 10.0. The highest BCUT2D eigenvalue weighted by atomic mass is 79.9. The number of nitrogens with zero attached hydrogens (tertiary/aromatic N) is 3. The van der Waals surface area contributed by atoms with Gasteiger partial charge in [0.05, 0.1) is 30.4 Å². The van der Waals surface area contributed by atoms with E-state index in [0.717, 1.165) is 28.6 Å². The molecule has 0 spiro atoms. The largest absolute Gasteiger partial charge is 0.497 e. The molecule has 0 saturated carbocycles. The molecule has 0 N–H and O–H groups in total. The number of amides is 1. The number of fused-ring (bicyclic) bond motifs is 1.